The van der Waals surface area contributed by atoms with Gasteiger partial charge in [-0.1, -0.05) is 6.07 Å². The lowest BCUT2D eigenvalue weighted by Crippen LogP contribution is -2.29. The van der Waals surface area contributed by atoms with Crippen molar-refractivity contribution in [2.75, 3.05) is 0 Å². The number of hydrogen-bond donors (Lipinski definition) is 3. The van der Waals surface area contributed by atoms with Gasteiger partial charge in [0.05, 0.1) is 18.9 Å². The number of carbonyl (C=O) groups excluding carboxylic acids is 1. The van der Waals surface area contributed by atoms with Crippen molar-refractivity contribution in [1.82, 2.24) is 5.32 Å². The molecule has 18 heavy (non-hydrogen) atoms. The van der Waals surface area contributed by atoms with Crippen LogP contribution in [0, 0.1) is 0 Å². The number of carboxylic acids is 2. The molecule has 98 valence electrons. The zero-order valence-electron chi connectivity index (χ0n) is 9.46. The third kappa shape index (κ3) is 4.96. The van der Waals surface area contributed by atoms with Crippen molar-refractivity contribution in [2.45, 2.75) is 25.3 Å². The molecule has 0 aliphatic rings. The van der Waals surface area contributed by atoms with Crippen LogP contribution in [0.15, 0.2) is 17.5 Å². The number of carboxylic acid groups (broad SMARTS) is 2. The summed E-state index contributed by atoms with van der Waals surface area (Å²) in [6.45, 7) is 0. The van der Waals surface area contributed by atoms with E-state index in [0.717, 1.165) is 4.88 Å². The smallest absolute Gasteiger partial charge is 0.305 e. The molecule has 7 heteroatoms. The molecule has 0 spiro atoms. The van der Waals surface area contributed by atoms with Crippen molar-refractivity contribution in [1.29, 1.82) is 0 Å². The van der Waals surface area contributed by atoms with Crippen molar-refractivity contribution in [3.8, 4) is 0 Å². The van der Waals surface area contributed by atoms with E-state index in [-0.39, 0.29) is 19.3 Å². The second kappa shape index (κ2) is 6.75. The summed E-state index contributed by atoms with van der Waals surface area (Å²) < 4.78 is 0. The van der Waals surface area contributed by atoms with Gasteiger partial charge in [0.1, 0.15) is 0 Å². The second-order valence-corrected chi connectivity index (χ2v) is 4.61. The maximum atomic E-state index is 11.5. The summed E-state index contributed by atoms with van der Waals surface area (Å²) >= 11 is 1.35. The Bertz CT molecular complexity index is 429. The van der Waals surface area contributed by atoms with Crippen LogP contribution in [-0.2, 0) is 14.4 Å². The first-order chi connectivity index (χ1) is 8.49. The largest absolute Gasteiger partial charge is 0.481 e. The summed E-state index contributed by atoms with van der Waals surface area (Å²) in [5.74, 6) is -2.54. The number of aliphatic carboxylic acids is 2. The molecule has 1 atom stereocenters. The predicted octanol–water partition coefficient (Wildman–Crippen LogP) is 1.24. The molecule has 1 rings (SSSR count). The average molecular weight is 271 g/mol. The maximum Gasteiger partial charge on any atom is 0.305 e. The van der Waals surface area contributed by atoms with Crippen LogP contribution < -0.4 is 5.32 Å². The van der Waals surface area contributed by atoms with Crippen molar-refractivity contribution in [3.05, 3.63) is 22.4 Å². The van der Waals surface area contributed by atoms with Crippen LogP contribution in [0.4, 0.5) is 0 Å². The summed E-state index contributed by atoms with van der Waals surface area (Å²) in [6, 6.07) is 2.89. The maximum absolute atomic E-state index is 11.5. The standard InChI is InChI=1S/C11H13NO5S/c13-9(3-4-10(14)15)12-7(6-11(16)17)8-2-1-5-18-8/h1-2,5,7H,3-4,6H2,(H,12,13)(H,14,15)(H,16,17). The zero-order chi connectivity index (χ0) is 13.5. The van der Waals surface area contributed by atoms with Crippen LogP contribution in [0.5, 0.6) is 0 Å². The summed E-state index contributed by atoms with van der Waals surface area (Å²) in [4.78, 5) is 33.2. The molecule has 1 heterocycles. The highest BCUT2D eigenvalue weighted by molar-refractivity contribution is 7.10. The lowest BCUT2D eigenvalue weighted by atomic mass is 10.1. The molecule has 1 aromatic rings. The SMILES string of the molecule is O=C(O)CCC(=O)NC(CC(=O)O)c1cccs1. The Kier molecular flexibility index (Phi) is 5.31. The molecule has 1 aromatic heterocycles. The Morgan fingerprint density at radius 2 is 1.94 bits per heavy atom. The van der Waals surface area contributed by atoms with E-state index >= 15 is 0 Å². The lowest BCUT2D eigenvalue weighted by molar-refractivity contribution is -0.140. The molecule has 0 bridgehead atoms. The Morgan fingerprint density at radius 1 is 1.22 bits per heavy atom. The number of thiophene rings is 1. The fourth-order valence-corrected chi connectivity index (χ4v) is 2.15. The minimum absolute atomic E-state index is 0.156. The molecule has 0 fully saturated rings. The van der Waals surface area contributed by atoms with Gasteiger partial charge in [0.25, 0.3) is 0 Å². The Morgan fingerprint density at radius 3 is 2.44 bits per heavy atom. The van der Waals surface area contributed by atoms with Crippen molar-refractivity contribution in [3.63, 3.8) is 0 Å². The number of carbonyl (C=O) groups is 3. The topological polar surface area (TPSA) is 104 Å². The lowest BCUT2D eigenvalue weighted by Gasteiger charge is -2.15. The molecule has 1 unspecified atom stereocenters. The highest BCUT2D eigenvalue weighted by Crippen LogP contribution is 2.22. The van der Waals surface area contributed by atoms with Crippen LogP contribution in [0.1, 0.15) is 30.2 Å². The minimum atomic E-state index is -1.06. The zero-order valence-corrected chi connectivity index (χ0v) is 10.3. The van der Waals surface area contributed by atoms with Gasteiger partial charge in [-0.25, -0.2) is 0 Å². The molecule has 0 aromatic carbocycles. The van der Waals surface area contributed by atoms with Crippen molar-refractivity contribution >= 4 is 29.2 Å². The van der Waals surface area contributed by atoms with Gasteiger partial charge in [-0.2, -0.15) is 0 Å². The van der Waals surface area contributed by atoms with Gasteiger partial charge in [-0.05, 0) is 11.4 Å². The molecule has 0 saturated carbocycles. The number of nitrogens with one attached hydrogen (secondary N) is 1. The quantitative estimate of drug-likeness (QED) is 0.692. The normalized spacial score (nSPS) is 11.8. The van der Waals surface area contributed by atoms with Crippen LogP contribution >= 0.6 is 11.3 Å². The second-order valence-electron chi connectivity index (χ2n) is 3.63. The van der Waals surface area contributed by atoms with E-state index in [9.17, 15) is 14.4 Å². The number of amides is 1. The summed E-state index contributed by atoms with van der Waals surface area (Å²) in [6.07, 6.45) is -0.647. The molecule has 0 aliphatic carbocycles. The van der Waals surface area contributed by atoms with Crippen LogP contribution in [0.25, 0.3) is 0 Å². The first-order valence-corrected chi connectivity index (χ1v) is 6.13. The molecule has 0 radical (unpaired) electrons. The fraction of sp³-hybridized carbons (Fsp3) is 0.364. The molecule has 3 N–H and O–H groups in total. The minimum Gasteiger partial charge on any atom is -0.481 e. The van der Waals surface area contributed by atoms with Crippen LogP contribution in [-0.4, -0.2) is 28.1 Å². The molecule has 1 amide bonds. The van der Waals surface area contributed by atoms with E-state index < -0.39 is 23.9 Å². The highest BCUT2D eigenvalue weighted by Gasteiger charge is 2.19. The first-order valence-electron chi connectivity index (χ1n) is 5.25. The number of hydrogen-bond acceptors (Lipinski definition) is 4. The van der Waals surface area contributed by atoms with E-state index in [1.165, 1.54) is 11.3 Å². The van der Waals surface area contributed by atoms with Crippen molar-refractivity contribution < 1.29 is 24.6 Å². The summed E-state index contributed by atoms with van der Waals surface area (Å²) in [5, 5.41) is 21.5. The van der Waals surface area contributed by atoms with Crippen molar-refractivity contribution in [2.24, 2.45) is 0 Å². The van der Waals surface area contributed by atoms with Gasteiger partial charge in [0.15, 0.2) is 0 Å². The molecule has 0 aliphatic heterocycles. The first kappa shape index (κ1) is 14.2. The Labute approximate surface area is 107 Å². The predicted molar refractivity (Wildman–Crippen MR) is 64.3 cm³/mol. The summed E-state index contributed by atoms with van der Waals surface area (Å²) in [7, 11) is 0. The third-order valence-corrected chi connectivity index (χ3v) is 3.15. The van der Waals surface area contributed by atoms with E-state index in [2.05, 4.69) is 5.32 Å². The monoisotopic (exact) mass is 271 g/mol. The van der Waals surface area contributed by atoms with Gasteiger partial charge in [-0.3, -0.25) is 14.4 Å². The third-order valence-electron chi connectivity index (χ3n) is 2.17. The Hall–Kier alpha value is -1.89. The van der Waals surface area contributed by atoms with Gasteiger partial charge < -0.3 is 15.5 Å². The molecule has 0 saturated heterocycles. The van der Waals surface area contributed by atoms with Gasteiger partial charge in [0, 0.05) is 11.3 Å². The average Bonchev–Trinajstić information content (AvgIpc) is 2.78. The van der Waals surface area contributed by atoms with E-state index in [1.54, 1.807) is 17.5 Å². The van der Waals surface area contributed by atoms with E-state index in [0.29, 0.717) is 0 Å². The Balaban J connectivity index is 2.59. The number of rotatable bonds is 7. The summed E-state index contributed by atoms with van der Waals surface area (Å²) in [5.41, 5.74) is 0. The molecular formula is C11H13NO5S. The van der Waals surface area contributed by atoms with Gasteiger partial charge >= 0.3 is 11.9 Å². The van der Waals surface area contributed by atoms with Crippen LogP contribution in [0.3, 0.4) is 0 Å². The van der Waals surface area contributed by atoms with Gasteiger partial charge in [-0.15, -0.1) is 11.3 Å². The molecular weight excluding hydrogens is 258 g/mol. The molecule has 6 nitrogen and oxygen atoms in total. The van der Waals surface area contributed by atoms with E-state index in [1.807, 2.05) is 0 Å². The van der Waals surface area contributed by atoms with Crippen LogP contribution in [0.2, 0.25) is 0 Å². The highest BCUT2D eigenvalue weighted by atomic mass is 32.1. The van der Waals surface area contributed by atoms with Gasteiger partial charge in [0.2, 0.25) is 5.91 Å². The van der Waals surface area contributed by atoms with E-state index in [4.69, 9.17) is 10.2 Å². The fourth-order valence-electron chi connectivity index (χ4n) is 1.37.